The van der Waals surface area contributed by atoms with Crippen LogP contribution < -0.4 is 5.32 Å². The summed E-state index contributed by atoms with van der Waals surface area (Å²) >= 11 is 1.56. The molecule has 0 saturated heterocycles. The number of thioether (sulfide) groups is 1. The predicted octanol–water partition coefficient (Wildman–Crippen LogP) is 2.31. The van der Waals surface area contributed by atoms with Crippen molar-refractivity contribution in [2.45, 2.75) is 63.4 Å². The van der Waals surface area contributed by atoms with E-state index in [1.165, 1.54) is 0 Å². The number of nitrogens with zero attached hydrogens (tertiary/aromatic N) is 2. The first-order valence-corrected chi connectivity index (χ1v) is 8.27. The highest BCUT2D eigenvalue weighted by molar-refractivity contribution is 7.99. The fourth-order valence-corrected chi connectivity index (χ4v) is 3.15. The van der Waals surface area contributed by atoms with Gasteiger partial charge in [0.2, 0.25) is 5.16 Å². The molecule has 2 N–H and O–H groups in total. The van der Waals surface area contributed by atoms with Gasteiger partial charge < -0.3 is 10.1 Å². The van der Waals surface area contributed by atoms with Gasteiger partial charge in [0.15, 0.2) is 0 Å². The molecule has 7 heteroatoms. The highest BCUT2D eigenvalue weighted by atomic mass is 32.2. The number of esters is 1. The summed E-state index contributed by atoms with van der Waals surface area (Å²) in [6.45, 7) is 10.9. The van der Waals surface area contributed by atoms with E-state index >= 15 is 0 Å². The summed E-state index contributed by atoms with van der Waals surface area (Å²) in [5.41, 5.74) is -0.677. The molecule has 21 heavy (non-hydrogen) atoms. The Kier molecular flexibility index (Phi) is 7.17. The minimum atomic E-state index is -0.677. The largest absolute Gasteiger partial charge is 0.465 e. The van der Waals surface area contributed by atoms with E-state index in [1.54, 1.807) is 11.8 Å². The molecule has 0 amide bonds. The molecule has 0 aliphatic carbocycles. The van der Waals surface area contributed by atoms with E-state index in [-0.39, 0.29) is 11.2 Å². The highest BCUT2D eigenvalue weighted by Gasteiger charge is 2.36. The Balaban J connectivity index is 2.67. The van der Waals surface area contributed by atoms with E-state index in [9.17, 15) is 4.79 Å². The lowest BCUT2D eigenvalue weighted by Crippen LogP contribution is -2.52. The summed E-state index contributed by atoms with van der Waals surface area (Å²) in [6, 6.07) is 0. The number of aryl methyl sites for hydroxylation is 1. The third-order valence-electron chi connectivity index (χ3n) is 3.07. The van der Waals surface area contributed by atoms with Crippen molar-refractivity contribution in [3.05, 3.63) is 5.82 Å². The highest BCUT2D eigenvalue weighted by Crippen LogP contribution is 2.27. The lowest BCUT2D eigenvalue weighted by molar-refractivity contribution is -0.150. The van der Waals surface area contributed by atoms with Crippen molar-refractivity contribution in [3.63, 3.8) is 0 Å². The average molecular weight is 314 g/mol. The zero-order valence-corrected chi connectivity index (χ0v) is 14.3. The van der Waals surface area contributed by atoms with Crippen LogP contribution in [0.15, 0.2) is 5.16 Å². The number of H-pyrrole nitrogens is 1. The zero-order valence-electron chi connectivity index (χ0n) is 13.5. The second kappa shape index (κ2) is 8.38. The SMILES string of the molecule is CCCNC(C)(CC(C)Sc1n[nH]c(C)n1)C(=O)OCC. The minimum absolute atomic E-state index is 0.193. The van der Waals surface area contributed by atoms with Gasteiger partial charge in [0.1, 0.15) is 11.4 Å². The van der Waals surface area contributed by atoms with Crippen molar-refractivity contribution >= 4 is 17.7 Å². The number of nitrogens with one attached hydrogen (secondary N) is 2. The molecule has 1 aromatic heterocycles. The summed E-state index contributed by atoms with van der Waals surface area (Å²) in [4.78, 5) is 16.5. The van der Waals surface area contributed by atoms with Gasteiger partial charge in [0.25, 0.3) is 0 Å². The number of carbonyl (C=O) groups excluding carboxylic acids is 1. The number of aromatic nitrogens is 3. The van der Waals surface area contributed by atoms with E-state index < -0.39 is 5.54 Å². The van der Waals surface area contributed by atoms with Gasteiger partial charge >= 0.3 is 5.97 Å². The zero-order chi connectivity index (χ0) is 15.9. The summed E-state index contributed by atoms with van der Waals surface area (Å²) in [5.74, 6) is 0.596. The molecular formula is C14H26N4O2S. The second-order valence-electron chi connectivity index (χ2n) is 5.32. The Labute approximate surface area is 130 Å². The van der Waals surface area contributed by atoms with Crippen molar-refractivity contribution in [3.8, 4) is 0 Å². The van der Waals surface area contributed by atoms with Crippen LogP contribution >= 0.6 is 11.8 Å². The van der Waals surface area contributed by atoms with Gasteiger partial charge in [0.05, 0.1) is 6.61 Å². The average Bonchev–Trinajstić information content (AvgIpc) is 2.81. The van der Waals surface area contributed by atoms with Gasteiger partial charge in [-0.3, -0.25) is 9.89 Å². The lowest BCUT2D eigenvalue weighted by Gasteiger charge is -2.30. The molecule has 0 aromatic carbocycles. The van der Waals surface area contributed by atoms with Crippen molar-refractivity contribution in [2.24, 2.45) is 0 Å². The molecule has 0 spiro atoms. The summed E-state index contributed by atoms with van der Waals surface area (Å²) in [6.07, 6.45) is 1.63. The molecule has 120 valence electrons. The maximum atomic E-state index is 12.2. The smallest absolute Gasteiger partial charge is 0.326 e. The van der Waals surface area contributed by atoms with E-state index in [1.807, 2.05) is 20.8 Å². The van der Waals surface area contributed by atoms with Gasteiger partial charge in [-0.2, -0.15) is 0 Å². The molecule has 6 nitrogen and oxygen atoms in total. The first-order chi connectivity index (χ1) is 9.91. The van der Waals surface area contributed by atoms with E-state index in [4.69, 9.17) is 4.74 Å². The van der Waals surface area contributed by atoms with Crippen molar-refractivity contribution in [1.29, 1.82) is 0 Å². The molecule has 2 unspecified atom stereocenters. The Morgan fingerprint density at radius 3 is 2.76 bits per heavy atom. The van der Waals surface area contributed by atoms with Crippen LogP contribution in [0.4, 0.5) is 0 Å². The molecule has 0 radical (unpaired) electrons. The van der Waals surface area contributed by atoms with Gasteiger partial charge in [-0.05, 0) is 40.2 Å². The number of hydrogen-bond acceptors (Lipinski definition) is 6. The number of aromatic amines is 1. The van der Waals surface area contributed by atoms with Gasteiger partial charge in [-0.1, -0.05) is 25.6 Å². The lowest BCUT2D eigenvalue weighted by atomic mass is 9.96. The van der Waals surface area contributed by atoms with Gasteiger partial charge in [0, 0.05) is 5.25 Å². The first-order valence-electron chi connectivity index (χ1n) is 7.39. The number of ether oxygens (including phenoxy) is 1. The third-order valence-corrected chi connectivity index (χ3v) is 4.03. The molecule has 0 bridgehead atoms. The Hall–Kier alpha value is -1.08. The molecular weight excluding hydrogens is 288 g/mol. The Bertz CT molecular complexity index is 452. The van der Waals surface area contributed by atoms with E-state index in [0.29, 0.717) is 18.2 Å². The number of rotatable bonds is 9. The molecule has 0 aliphatic heterocycles. The quantitative estimate of drug-likeness (QED) is 0.538. The molecule has 1 rings (SSSR count). The number of hydrogen-bond donors (Lipinski definition) is 2. The summed E-state index contributed by atoms with van der Waals surface area (Å²) in [7, 11) is 0. The number of carbonyl (C=O) groups is 1. The van der Waals surface area contributed by atoms with Gasteiger partial charge in [-0.15, -0.1) is 5.10 Å². The first kappa shape index (κ1) is 18.0. The minimum Gasteiger partial charge on any atom is -0.465 e. The topological polar surface area (TPSA) is 79.9 Å². The van der Waals surface area contributed by atoms with E-state index in [0.717, 1.165) is 18.8 Å². The second-order valence-corrected chi connectivity index (χ2v) is 6.72. The molecule has 0 aliphatic rings. The standard InChI is InChI=1S/C14H26N4O2S/c1-6-8-15-14(5,12(19)20-7-2)9-10(3)21-13-16-11(4)17-18-13/h10,15H,6-9H2,1-5H3,(H,16,17,18). The third kappa shape index (κ3) is 5.67. The predicted molar refractivity (Wildman–Crippen MR) is 84.4 cm³/mol. The molecule has 2 atom stereocenters. The fraction of sp³-hybridized carbons (Fsp3) is 0.786. The van der Waals surface area contributed by atoms with E-state index in [2.05, 4.69) is 34.3 Å². The van der Waals surface area contributed by atoms with Crippen LogP contribution in [0.2, 0.25) is 0 Å². The normalized spacial score (nSPS) is 15.5. The van der Waals surface area contributed by atoms with Crippen molar-refractivity contribution in [2.75, 3.05) is 13.2 Å². The molecule has 1 aromatic rings. The maximum absolute atomic E-state index is 12.2. The van der Waals surface area contributed by atoms with Crippen molar-refractivity contribution in [1.82, 2.24) is 20.5 Å². The molecule has 0 saturated carbocycles. The monoisotopic (exact) mass is 314 g/mol. The van der Waals surface area contributed by atoms with Crippen LogP contribution in [0.1, 0.15) is 46.4 Å². The van der Waals surface area contributed by atoms with Crippen LogP contribution in [0.5, 0.6) is 0 Å². The summed E-state index contributed by atoms with van der Waals surface area (Å²) < 4.78 is 5.21. The molecule has 0 fully saturated rings. The summed E-state index contributed by atoms with van der Waals surface area (Å²) in [5, 5.41) is 11.2. The maximum Gasteiger partial charge on any atom is 0.326 e. The van der Waals surface area contributed by atoms with Crippen LogP contribution in [-0.4, -0.2) is 45.1 Å². The van der Waals surface area contributed by atoms with Crippen LogP contribution in [0, 0.1) is 6.92 Å². The van der Waals surface area contributed by atoms with Crippen LogP contribution in [0.3, 0.4) is 0 Å². The Morgan fingerprint density at radius 2 is 2.24 bits per heavy atom. The van der Waals surface area contributed by atoms with Crippen LogP contribution in [0.25, 0.3) is 0 Å². The Morgan fingerprint density at radius 1 is 1.52 bits per heavy atom. The fourth-order valence-electron chi connectivity index (χ4n) is 2.09. The van der Waals surface area contributed by atoms with Gasteiger partial charge in [-0.25, -0.2) is 4.98 Å². The van der Waals surface area contributed by atoms with Crippen LogP contribution in [-0.2, 0) is 9.53 Å². The molecule has 1 heterocycles. The van der Waals surface area contributed by atoms with Crippen molar-refractivity contribution < 1.29 is 9.53 Å².